The maximum absolute atomic E-state index is 13.2. The van der Waals surface area contributed by atoms with E-state index < -0.39 is 0 Å². The number of hydrogen-bond donors (Lipinski definition) is 2. The van der Waals surface area contributed by atoms with Crippen LogP contribution in [0, 0.1) is 12.7 Å². The first kappa shape index (κ1) is 22.1. The molecule has 2 N–H and O–H groups in total. The van der Waals surface area contributed by atoms with E-state index in [4.69, 9.17) is 0 Å². The van der Waals surface area contributed by atoms with Crippen molar-refractivity contribution >= 4 is 24.1 Å². The Morgan fingerprint density at radius 2 is 1.89 bits per heavy atom. The lowest BCUT2D eigenvalue weighted by Gasteiger charge is -2.16. The van der Waals surface area contributed by atoms with Gasteiger partial charge >= 0.3 is 0 Å². The fourth-order valence-corrected chi connectivity index (χ4v) is 3.74. The number of benzene rings is 1. The van der Waals surface area contributed by atoms with Gasteiger partial charge in [-0.2, -0.15) is 0 Å². The molecule has 1 aromatic carbocycles. The molecule has 7 heteroatoms. The lowest BCUT2D eigenvalue weighted by Crippen LogP contribution is -2.31. The van der Waals surface area contributed by atoms with Crippen molar-refractivity contribution in [3.8, 4) is 0 Å². The molecule has 1 aliphatic carbocycles. The Hall–Kier alpha value is -2.18. The fourth-order valence-electron chi connectivity index (χ4n) is 3.74. The number of likely N-dealkylation sites (N-methyl/N-ethyl adjacent to an activating group) is 1. The quantitative estimate of drug-likeness (QED) is 0.694. The zero-order valence-electron chi connectivity index (χ0n) is 16.3. The maximum atomic E-state index is 13.2. The molecule has 1 aliphatic rings. The predicted molar refractivity (Wildman–Crippen MR) is 110 cm³/mol. The number of halogens is 2. The molecule has 0 fully saturated rings. The number of hydrogen-bond acceptors (Lipinski definition) is 3. The number of aromatic nitrogens is 1. The SMILES string of the molecule is CNCCNC(=O)Cc1c2c(n(Cc3ccc(F)cc3)c1C)CCCC2=O.Cl. The van der Waals surface area contributed by atoms with E-state index in [0.29, 0.717) is 26.1 Å². The summed E-state index contributed by atoms with van der Waals surface area (Å²) in [5.41, 5.74) is 4.48. The molecule has 5 nitrogen and oxygen atoms in total. The van der Waals surface area contributed by atoms with Gasteiger partial charge < -0.3 is 15.2 Å². The summed E-state index contributed by atoms with van der Waals surface area (Å²) < 4.78 is 15.3. The van der Waals surface area contributed by atoms with Crippen molar-refractivity contribution in [3.05, 3.63) is 58.2 Å². The van der Waals surface area contributed by atoms with Gasteiger partial charge in [-0.05, 0) is 50.1 Å². The Morgan fingerprint density at radius 3 is 2.57 bits per heavy atom. The van der Waals surface area contributed by atoms with E-state index in [1.165, 1.54) is 12.1 Å². The zero-order chi connectivity index (χ0) is 19.4. The summed E-state index contributed by atoms with van der Waals surface area (Å²) in [6, 6.07) is 6.41. The summed E-state index contributed by atoms with van der Waals surface area (Å²) in [7, 11) is 1.83. The van der Waals surface area contributed by atoms with Crippen LogP contribution < -0.4 is 10.6 Å². The second-order valence-corrected chi connectivity index (χ2v) is 7.01. The second kappa shape index (κ2) is 9.85. The van der Waals surface area contributed by atoms with E-state index in [1.54, 1.807) is 12.1 Å². The van der Waals surface area contributed by atoms with Crippen molar-refractivity contribution in [1.82, 2.24) is 15.2 Å². The molecule has 0 radical (unpaired) electrons. The number of rotatable bonds is 7. The lowest BCUT2D eigenvalue weighted by molar-refractivity contribution is -0.120. The Kier molecular flexibility index (Phi) is 7.78. The molecule has 28 heavy (non-hydrogen) atoms. The van der Waals surface area contributed by atoms with Crippen molar-refractivity contribution in [3.63, 3.8) is 0 Å². The molecule has 0 saturated carbocycles. The van der Waals surface area contributed by atoms with E-state index in [2.05, 4.69) is 15.2 Å². The Morgan fingerprint density at radius 1 is 1.18 bits per heavy atom. The number of ketones is 1. The smallest absolute Gasteiger partial charge is 0.224 e. The molecular formula is C21H27ClFN3O2. The van der Waals surface area contributed by atoms with Gasteiger partial charge in [0.2, 0.25) is 5.91 Å². The van der Waals surface area contributed by atoms with Crippen molar-refractivity contribution in [2.45, 2.75) is 39.2 Å². The largest absolute Gasteiger partial charge is 0.355 e. The predicted octanol–water partition coefficient (Wildman–Crippen LogP) is 2.80. The molecule has 0 atom stereocenters. The van der Waals surface area contributed by atoms with Crippen LogP contribution in [-0.2, 0) is 24.2 Å². The summed E-state index contributed by atoms with van der Waals surface area (Å²) in [6.45, 7) is 3.79. The summed E-state index contributed by atoms with van der Waals surface area (Å²) in [6.07, 6.45) is 2.39. The average Bonchev–Trinajstić information content (AvgIpc) is 2.90. The number of Topliss-reactive ketones (excluding diaryl/α,β-unsaturated/α-hetero) is 1. The van der Waals surface area contributed by atoms with Gasteiger partial charge in [-0.15, -0.1) is 12.4 Å². The minimum Gasteiger partial charge on any atom is -0.355 e. The highest BCUT2D eigenvalue weighted by Crippen LogP contribution is 2.31. The van der Waals surface area contributed by atoms with Gasteiger partial charge in [0, 0.05) is 43.0 Å². The standard InChI is InChI=1S/C21H26FN3O2.ClH/c1-14-17(12-20(27)24-11-10-23-2)21-18(4-3-5-19(21)26)25(14)13-15-6-8-16(22)9-7-15;/h6-9,23H,3-5,10-13H2,1-2H3,(H,24,27);1H. The van der Waals surface area contributed by atoms with Crippen LogP contribution >= 0.6 is 12.4 Å². The summed E-state index contributed by atoms with van der Waals surface area (Å²) in [5, 5.41) is 5.87. The normalized spacial score (nSPS) is 13.0. The third-order valence-corrected chi connectivity index (χ3v) is 5.14. The highest BCUT2D eigenvalue weighted by Gasteiger charge is 2.28. The van der Waals surface area contributed by atoms with Gasteiger partial charge in [0.15, 0.2) is 5.78 Å². The lowest BCUT2D eigenvalue weighted by atomic mass is 9.92. The van der Waals surface area contributed by atoms with Crippen LogP contribution in [0.15, 0.2) is 24.3 Å². The number of fused-ring (bicyclic) bond motifs is 1. The Labute approximate surface area is 171 Å². The minimum atomic E-state index is -0.265. The maximum Gasteiger partial charge on any atom is 0.224 e. The van der Waals surface area contributed by atoms with Gasteiger partial charge in [0.25, 0.3) is 0 Å². The van der Waals surface area contributed by atoms with Crippen LogP contribution in [0.5, 0.6) is 0 Å². The van der Waals surface area contributed by atoms with E-state index >= 15 is 0 Å². The summed E-state index contributed by atoms with van der Waals surface area (Å²) in [5.74, 6) is -0.220. The Bertz CT molecular complexity index is 846. The van der Waals surface area contributed by atoms with Crippen molar-refractivity contribution in [1.29, 1.82) is 0 Å². The third-order valence-electron chi connectivity index (χ3n) is 5.14. The first-order valence-electron chi connectivity index (χ1n) is 9.41. The van der Waals surface area contributed by atoms with Crippen LogP contribution in [0.1, 0.15) is 45.7 Å². The molecular weight excluding hydrogens is 381 g/mol. The molecule has 1 amide bonds. The molecule has 0 bridgehead atoms. The Balaban J connectivity index is 0.00000280. The highest BCUT2D eigenvalue weighted by molar-refractivity contribution is 6.01. The molecule has 0 spiro atoms. The van der Waals surface area contributed by atoms with Crippen LogP contribution in [0.25, 0.3) is 0 Å². The van der Waals surface area contributed by atoms with E-state index in [1.807, 2.05) is 14.0 Å². The topological polar surface area (TPSA) is 63.1 Å². The van der Waals surface area contributed by atoms with Crippen molar-refractivity contribution in [2.75, 3.05) is 20.1 Å². The van der Waals surface area contributed by atoms with Gasteiger partial charge in [0.1, 0.15) is 5.82 Å². The van der Waals surface area contributed by atoms with E-state index in [0.717, 1.165) is 40.9 Å². The number of carbonyl (C=O) groups excluding carboxylic acids is 2. The summed E-state index contributed by atoms with van der Waals surface area (Å²) in [4.78, 5) is 24.9. The van der Waals surface area contributed by atoms with Gasteiger partial charge in [-0.3, -0.25) is 9.59 Å². The van der Waals surface area contributed by atoms with Gasteiger partial charge in [-0.1, -0.05) is 12.1 Å². The molecule has 3 rings (SSSR count). The number of nitrogens with one attached hydrogen (secondary N) is 2. The molecule has 0 aliphatic heterocycles. The first-order valence-corrected chi connectivity index (χ1v) is 9.41. The zero-order valence-corrected chi connectivity index (χ0v) is 17.1. The molecule has 1 aromatic heterocycles. The monoisotopic (exact) mass is 407 g/mol. The van der Waals surface area contributed by atoms with Crippen LogP contribution in [0.2, 0.25) is 0 Å². The third kappa shape index (κ3) is 4.80. The van der Waals surface area contributed by atoms with Crippen LogP contribution in [0.4, 0.5) is 4.39 Å². The van der Waals surface area contributed by atoms with Crippen molar-refractivity contribution in [2.24, 2.45) is 0 Å². The van der Waals surface area contributed by atoms with Crippen LogP contribution in [0.3, 0.4) is 0 Å². The number of carbonyl (C=O) groups is 2. The molecule has 0 unspecified atom stereocenters. The fraction of sp³-hybridized carbons (Fsp3) is 0.429. The second-order valence-electron chi connectivity index (χ2n) is 7.01. The molecule has 0 saturated heterocycles. The molecule has 152 valence electrons. The summed E-state index contributed by atoms with van der Waals surface area (Å²) >= 11 is 0. The number of amides is 1. The molecule has 2 aromatic rings. The van der Waals surface area contributed by atoms with Gasteiger partial charge in [0.05, 0.1) is 6.42 Å². The highest BCUT2D eigenvalue weighted by atomic mass is 35.5. The van der Waals surface area contributed by atoms with Crippen LogP contribution in [-0.4, -0.2) is 36.4 Å². The first-order chi connectivity index (χ1) is 13.0. The average molecular weight is 408 g/mol. The molecule has 1 heterocycles. The van der Waals surface area contributed by atoms with Crippen molar-refractivity contribution < 1.29 is 14.0 Å². The number of nitrogens with zero attached hydrogens (tertiary/aromatic N) is 1. The van der Waals surface area contributed by atoms with Gasteiger partial charge in [-0.25, -0.2) is 4.39 Å². The van der Waals surface area contributed by atoms with E-state index in [-0.39, 0.29) is 36.3 Å². The minimum absolute atomic E-state index is 0. The van der Waals surface area contributed by atoms with E-state index in [9.17, 15) is 14.0 Å².